The van der Waals surface area contributed by atoms with Gasteiger partial charge in [-0.25, -0.2) is 0 Å². The van der Waals surface area contributed by atoms with Crippen molar-refractivity contribution in [2.75, 3.05) is 18.2 Å². The number of methoxy groups -OCH3 is 1. The second-order valence-electron chi connectivity index (χ2n) is 4.07. The van der Waals surface area contributed by atoms with Crippen LogP contribution in [0.5, 0.6) is 11.5 Å². The molecule has 0 radical (unpaired) electrons. The molecule has 0 fully saturated rings. The number of hydrogen-bond acceptors (Lipinski definition) is 4. The average molecular weight is 384 g/mol. The Hall–Kier alpha value is -1.96. The van der Waals surface area contributed by atoms with Gasteiger partial charge in [0.25, 0.3) is 5.91 Å². The number of halogens is 1. The number of benzene rings is 2. The van der Waals surface area contributed by atoms with Crippen molar-refractivity contribution in [2.45, 2.75) is 0 Å². The number of nitrogens with two attached hydrogens (primary N) is 1. The first-order valence-electron chi connectivity index (χ1n) is 5.74. The maximum Gasteiger partial charge on any atom is 0.259 e. The summed E-state index contributed by atoms with van der Waals surface area (Å²) in [6.45, 7) is 0. The summed E-state index contributed by atoms with van der Waals surface area (Å²) in [5.41, 5.74) is 6.89. The maximum absolute atomic E-state index is 12.1. The highest BCUT2D eigenvalue weighted by atomic mass is 127. The Morgan fingerprint density at radius 1 is 1.30 bits per heavy atom. The largest absolute Gasteiger partial charge is 0.507 e. The van der Waals surface area contributed by atoms with Gasteiger partial charge in [-0.3, -0.25) is 4.79 Å². The van der Waals surface area contributed by atoms with Crippen LogP contribution in [0.15, 0.2) is 36.4 Å². The number of phenols is 1. The molecule has 2 aromatic carbocycles. The Bertz CT molecular complexity index is 659. The number of hydrogen-bond donors (Lipinski definition) is 3. The molecule has 0 unspecified atom stereocenters. The first-order valence-corrected chi connectivity index (χ1v) is 6.82. The molecule has 2 aromatic rings. The van der Waals surface area contributed by atoms with Gasteiger partial charge in [-0.15, -0.1) is 0 Å². The smallest absolute Gasteiger partial charge is 0.259 e. The van der Waals surface area contributed by atoms with Gasteiger partial charge >= 0.3 is 0 Å². The van der Waals surface area contributed by atoms with Gasteiger partial charge in [0.1, 0.15) is 11.5 Å². The molecule has 0 saturated carbocycles. The second kappa shape index (κ2) is 6.00. The van der Waals surface area contributed by atoms with Crippen LogP contribution in [0.25, 0.3) is 0 Å². The van der Waals surface area contributed by atoms with E-state index in [9.17, 15) is 9.90 Å². The quantitative estimate of drug-likeness (QED) is 0.561. The number of nitrogen functional groups attached to an aromatic ring is 1. The van der Waals surface area contributed by atoms with E-state index in [1.807, 2.05) is 0 Å². The zero-order chi connectivity index (χ0) is 14.7. The lowest BCUT2D eigenvalue weighted by atomic mass is 10.1. The molecule has 5 nitrogen and oxygen atoms in total. The van der Waals surface area contributed by atoms with E-state index in [0.29, 0.717) is 17.1 Å². The molecule has 2 rings (SSSR count). The highest BCUT2D eigenvalue weighted by molar-refractivity contribution is 14.1. The highest BCUT2D eigenvalue weighted by Gasteiger charge is 2.13. The third-order valence-electron chi connectivity index (χ3n) is 2.71. The van der Waals surface area contributed by atoms with Gasteiger partial charge in [-0.2, -0.15) is 0 Å². The van der Waals surface area contributed by atoms with E-state index in [4.69, 9.17) is 10.5 Å². The van der Waals surface area contributed by atoms with Crippen LogP contribution in [0.4, 0.5) is 11.4 Å². The van der Waals surface area contributed by atoms with Crippen molar-refractivity contribution in [3.05, 3.63) is 45.5 Å². The number of nitrogens with one attached hydrogen (secondary N) is 1. The van der Waals surface area contributed by atoms with E-state index in [1.54, 1.807) is 30.3 Å². The molecule has 0 bridgehead atoms. The van der Waals surface area contributed by atoms with Gasteiger partial charge in [-0.05, 0) is 52.9 Å². The summed E-state index contributed by atoms with van der Waals surface area (Å²) in [7, 11) is 1.54. The predicted octanol–water partition coefficient (Wildman–Crippen LogP) is 2.84. The SMILES string of the molecule is COc1ccc(NC(=O)c2cc(I)ccc2O)c(N)c1. The molecule has 0 saturated heterocycles. The molecule has 0 aliphatic carbocycles. The van der Waals surface area contributed by atoms with Crippen molar-refractivity contribution in [3.63, 3.8) is 0 Å². The Labute approximate surface area is 129 Å². The average Bonchev–Trinajstić information content (AvgIpc) is 2.43. The number of carbonyl (C=O) groups excluding carboxylic acids is 1. The minimum absolute atomic E-state index is 0.0741. The second-order valence-corrected chi connectivity index (χ2v) is 5.31. The topological polar surface area (TPSA) is 84.6 Å². The molecule has 4 N–H and O–H groups in total. The van der Waals surface area contributed by atoms with Crippen molar-refractivity contribution in [3.8, 4) is 11.5 Å². The highest BCUT2D eigenvalue weighted by Crippen LogP contribution is 2.26. The van der Waals surface area contributed by atoms with Crippen LogP contribution in [0, 0.1) is 3.57 Å². The summed E-state index contributed by atoms with van der Waals surface area (Å²) in [6, 6.07) is 9.76. The summed E-state index contributed by atoms with van der Waals surface area (Å²) in [4.78, 5) is 12.1. The van der Waals surface area contributed by atoms with Crippen molar-refractivity contribution in [1.29, 1.82) is 0 Å². The first kappa shape index (κ1) is 14.4. The first-order chi connectivity index (χ1) is 9.51. The van der Waals surface area contributed by atoms with Crippen LogP contribution in [0.1, 0.15) is 10.4 Å². The molecule has 1 amide bonds. The number of ether oxygens (including phenoxy) is 1. The minimum atomic E-state index is -0.419. The van der Waals surface area contributed by atoms with Crippen LogP contribution in [0.2, 0.25) is 0 Å². The number of carbonyl (C=O) groups is 1. The van der Waals surface area contributed by atoms with Gasteiger partial charge in [0.05, 0.1) is 24.0 Å². The fourth-order valence-corrected chi connectivity index (χ4v) is 2.15. The van der Waals surface area contributed by atoms with Crippen molar-refractivity contribution in [1.82, 2.24) is 0 Å². The molecule has 6 heteroatoms. The fraction of sp³-hybridized carbons (Fsp3) is 0.0714. The lowest BCUT2D eigenvalue weighted by Crippen LogP contribution is -2.13. The number of anilines is 2. The van der Waals surface area contributed by atoms with Gasteiger partial charge in [0.2, 0.25) is 0 Å². The van der Waals surface area contributed by atoms with Gasteiger partial charge in [0, 0.05) is 9.64 Å². The minimum Gasteiger partial charge on any atom is -0.507 e. The van der Waals surface area contributed by atoms with Crippen LogP contribution < -0.4 is 15.8 Å². The van der Waals surface area contributed by atoms with Gasteiger partial charge in [0.15, 0.2) is 0 Å². The summed E-state index contributed by atoms with van der Waals surface area (Å²) in [5.74, 6) is 0.116. The summed E-state index contributed by atoms with van der Waals surface area (Å²) >= 11 is 2.07. The Morgan fingerprint density at radius 2 is 2.05 bits per heavy atom. The third-order valence-corrected chi connectivity index (χ3v) is 3.38. The van der Waals surface area contributed by atoms with E-state index < -0.39 is 5.91 Å². The van der Waals surface area contributed by atoms with E-state index in [0.717, 1.165) is 3.57 Å². The fourth-order valence-electron chi connectivity index (χ4n) is 1.66. The summed E-state index contributed by atoms with van der Waals surface area (Å²) in [6.07, 6.45) is 0. The molecule has 0 aliphatic heterocycles. The monoisotopic (exact) mass is 384 g/mol. The maximum atomic E-state index is 12.1. The molecule has 0 aliphatic rings. The standard InChI is InChI=1S/C14H13IN2O3/c1-20-9-3-4-12(11(16)7-9)17-14(19)10-6-8(15)2-5-13(10)18/h2-7,18H,16H2,1H3,(H,17,19). The molecule has 0 heterocycles. The van der Waals surface area contributed by atoms with Crippen molar-refractivity contribution < 1.29 is 14.6 Å². The molecule has 20 heavy (non-hydrogen) atoms. The lowest BCUT2D eigenvalue weighted by Gasteiger charge is -2.10. The molecule has 0 atom stereocenters. The normalized spacial score (nSPS) is 10.1. The molecular weight excluding hydrogens is 371 g/mol. The van der Waals surface area contributed by atoms with Crippen LogP contribution in [-0.4, -0.2) is 18.1 Å². The number of rotatable bonds is 3. The molecular formula is C14H13IN2O3. The third kappa shape index (κ3) is 3.13. The van der Waals surface area contributed by atoms with Crippen LogP contribution in [-0.2, 0) is 0 Å². The zero-order valence-electron chi connectivity index (χ0n) is 10.7. The molecule has 104 valence electrons. The van der Waals surface area contributed by atoms with Gasteiger partial charge < -0.3 is 20.9 Å². The lowest BCUT2D eigenvalue weighted by molar-refractivity contribution is 0.102. The molecule has 0 spiro atoms. The number of aromatic hydroxyl groups is 1. The summed E-state index contributed by atoms with van der Waals surface area (Å²) in [5, 5.41) is 12.4. The van der Waals surface area contributed by atoms with Crippen molar-refractivity contribution >= 4 is 39.9 Å². The van der Waals surface area contributed by atoms with Crippen LogP contribution in [0.3, 0.4) is 0 Å². The summed E-state index contributed by atoms with van der Waals surface area (Å²) < 4.78 is 5.90. The van der Waals surface area contributed by atoms with E-state index in [2.05, 4.69) is 27.9 Å². The number of amides is 1. The predicted molar refractivity (Wildman–Crippen MR) is 86.2 cm³/mol. The van der Waals surface area contributed by atoms with E-state index >= 15 is 0 Å². The Morgan fingerprint density at radius 3 is 2.70 bits per heavy atom. The van der Waals surface area contributed by atoms with Gasteiger partial charge in [-0.1, -0.05) is 0 Å². The van der Waals surface area contributed by atoms with E-state index in [1.165, 1.54) is 13.2 Å². The number of phenolic OH excluding ortho intramolecular Hbond substituents is 1. The Kier molecular flexibility index (Phi) is 4.33. The molecule has 0 aromatic heterocycles. The van der Waals surface area contributed by atoms with Crippen LogP contribution >= 0.6 is 22.6 Å². The van der Waals surface area contributed by atoms with Crippen molar-refractivity contribution in [2.24, 2.45) is 0 Å². The Balaban J connectivity index is 2.25. The van der Waals surface area contributed by atoms with E-state index in [-0.39, 0.29) is 11.3 Å². The zero-order valence-corrected chi connectivity index (χ0v) is 12.8.